The van der Waals surface area contributed by atoms with Gasteiger partial charge in [-0.05, 0) is 19.8 Å². The van der Waals surface area contributed by atoms with Gasteiger partial charge in [0.1, 0.15) is 18.2 Å². The van der Waals surface area contributed by atoms with Gasteiger partial charge in [-0.25, -0.2) is 15.8 Å². The summed E-state index contributed by atoms with van der Waals surface area (Å²) in [5.74, 6) is 7.59. The van der Waals surface area contributed by atoms with Gasteiger partial charge in [0.25, 0.3) is 0 Å². The van der Waals surface area contributed by atoms with Gasteiger partial charge in [-0.1, -0.05) is 32.1 Å². The van der Waals surface area contributed by atoms with Crippen molar-refractivity contribution in [2.24, 2.45) is 5.84 Å². The Bertz CT molecular complexity index is 419. The fraction of sp³-hybridized carbons (Fsp3) is 0.733. The van der Waals surface area contributed by atoms with Crippen LogP contribution in [0.5, 0.6) is 0 Å². The highest BCUT2D eigenvalue weighted by Gasteiger charge is 2.13. The molecule has 2 rings (SSSR count). The summed E-state index contributed by atoms with van der Waals surface area (Å²) >= 11 is 0. The summed E-state index contributed by atoms with van der Waals surface area (Å²) in [6.45, 7) is 3.01. The van der Waals surface area contributed by atoms with Gasteiger partial charge < -0.3 is 15.5 Å². The average molecular weight is 293 g/mol. The van der Waals surface area contributed by atoms with Gasteiger partial charge in [-0.2, -0.15) is 0 Å². The van der Waals surface area contributed by atoms with E-state index in [0.717, 1.165) is 5.82 Å². The highest BCUT2D eigenvalue weighted by Crippen LogP contribution is 2.21. The molecule has 6 heteroatoms. The van der Waals surface area contributed by atoms with Crippen molar-refractivity contribution in [2.75, 3.05) is 17.3 Å². The average Bonchev–Trinajstić information content (AvgIpc) is 2.47. The van der Waals surface area contributed by atoms with Crippen molar-refractivity contribution in [1.82, 2.24) is 9.97 Å². The van der Waals surface area contributed by atoms with Crippen LogP contribution < -0.4 is 16.6 Å². The van der Waals surface area contributed by atoms with Gasteiger partial charge in [0.05, 0.1) is 0 Å². The van der Waals surface area contributed by atoms with E-state index in [4.69, 9.17) is 10.6 Å². The number of nitrogen functional groups attached to an aromatic ring is 1. The first kappa shape index (κ1) is 16.0. The number of anilines is 2. The molecule has 0 unspecified atom stereocenters. The fourth-order valence-corrected chi connectivity index (χ4v) is 2.71. The Morgan fingerprint density at radius 1 is 1.14 bits per heavy atom. The maximum atomic E-state index is 5.49. The Morgan fingerprint density at radius 2 is 1.81 bits per heavy atom. The third-order valence-corrected chi connectivity index (χ3v) is 3.81. The van der Waals surface area contributed by atoms with E-state index < -0.39 is 0 Å². The van der Waals surface area contributed by atoms with Crippen LogP contribution in [0.2, 0.25) is 0 Å². The topological polar surface area (TPSA) is 85.1 Å². The maximum Gasteiger partial charge on any atom is 0.158 e. The lowest BCUT2D eigenvalue weighted by atomic mass is 9.97. The molecule has 0 bridgehead atoms. The third kappa shape index (κ3) is 5.47. The first-order valence-corrected chi connectivity index (χ1v) is 8.00. The summed E-state index contributed by atoms with van der Waals surface area (Å²) in [6, 6.07) is 2.35. The molecular weight excluding hydrogens is 266 g/mol. The van der Waals surface area contributed by atoms with Crippen LogP contribution in [0.4, 0.5) is 11.6 Å². The molecule has 6 nitrogen and oxygen atoms in total. The largest absolute Gasteiger partial charge is 0.374 e. The van der Waals surface area contributed by atoms with Crippen LogP contribution in [-0.4, -0.2) is 22.6 Å². The lowest BCUT2D eigenvalue weighted by molar-refractivity contribution is 0.128. The Morgan fingerprint density at radius 3 is 2.48 bits per heavy atom. The lowest BCUT2D eigenvalue weighted by Crippen LogP contribution is -2.22. The summed E-state index contributed by atoms with van der Waals surface area (Å²) in [6.07, 6.45) is 9.04. The monoisotopic (exact) mass is 293 g/mol. The van der Waals surface area contributed by atoms with Crippen molar-refractivity contribution in [3.63, 3.8) is 0 Å². The van der Waals surface area contributed by atoms with Gasteiger partial charge in [-0.3, -0.25) is 0 Å². The van der Waals surface area contributed by atoms with Gasteiger partial charge in [-0.15, -0.1) is 0 Å². The predicted molar refractivity (Wildman–Crippen MR) is 84.9 cm³/mol. The molecule has 1 aliphatic rings. The minimum absolute atomic E-state index is 0.408. The SMILES string of the molecule is CCOCc1nc(NN)cc(NC2CCCCCCC2)n1. The summed E-state index contributed by atoms with van der Waals surface area (Å²) in [5, 5.41) is 3.54. The minimum atomic E-state index is 0.408. The van der Waals surface area contributed by atoms with Gasteiger partial charge in [0.2, 0.25) is 0 Å². The summed E-state index contributed by atoms with van der Waals surface area (Å²) in [7, 11) is 0. The van der Waals surface area contributed by atoms with Crippen LogP contribution in [0.3, 0.4) is 0 Å². The van der Waals surface area contributed by atoms with Crippen molar-refractivity contribution < 1.29 is 4.74 Å². The number of nitrogens with one attached hydrogen (secondary N) is 2. The highest BCUT2D eigenvalue weighted by molar-refractivity contribution is 5.47. The molecule has 0 amide bonds. The quantitative estimate of drug-likeness (QED) is 0.552. The fourth-order valence-electron chi connectivity index (χ4n) is 2.71. The second-order valence-electron chi connectivity index (χ2n) is 5.52. The van der Waals surface area contributed by atoms with Crippen molar-refractivity contribution in [3.8, 4) is 0 Å². The first-order valence-electron chi connectivity index (χ1n) is 8.00. The zero-order valence-corrected chi connectivity index (χ0v) is 12.9. The zero-order valence-electron chi connectivity index (χ0n) is 12.9. The molecule has 0 aliphatic heterocycles. The molecule has 0 radical (unpaired) electrons. The molecule has 1 fully saturated rings. The Kier molecular flexibility index (Phi) is 6.69. The number of ether oxygens (including phenoxy) is 1. The Labute approximate surface area is 126 Å². The van der Waals surface area contributed by atoms with Gasteiger partial charge in [0.15, 0.2) is 5.82 Å². The highest BCUT2D eigenvalue weighted by atomic mass is 16.5. The molecule has 118 valence electrons. The van der Waals surface area contributed by atoms with Crippen LogP contribution in [0.1, 0.15) is 57.7 Å². The minimum Gasteiger partial charge on any atom is -0.374 e. The van der Waals surface area contributed by atoms with Crippen molar-refractivity contribution in [2.45, 2.75) is 64.5 Å². The number of hydrogen-bond acceptors (Lipinski definition) is 6. The number of hydrazine groups is 1. The second kappa shape index (κ2) is 8.79. The molecule has 0 saturated heterocycles. The van der Waals surface area contributed by atoms with Crippen LogP contribution in [-0.2, 0) is 11.3 Å². The summed E-state index contributed by atoms with van der Waals surface area (Å²) < 4.78 is 5.38. The first-order chi connectivity index (χ1) is 10.3. The van der Waals surface area contributed by atoms with Crippen molar-refractivity contribution >= 4 is 11.6 Å². The predicted octanol–water partition coefficient (Wildman–Crippen LogP) is 2.82. The molecule has 21 heavy (non-hydrogen) atoms. The van der Waals surface area contributed by atoms with E-state index in [1.807, 2.05) is 13.0 Å². The molecule has 1 saturated carbocycles. The van der Waals surface area contributed by atoms with E-state index in [1.165, 1.54) is 44.9 Å². The molecule has 1 aromatic heterocycles. The normalized spacial score (nSPS) is 17.0. The number of nitrogens with zero attached hydrogens (tertiary/aromatic N) is 2. The summed E-state index contributed by atoms with van der Waals surface area (Å²) in [4.78, 5) is 8.83. The van der Waals surface area contributed by atoms with Crippen LogP contribution in [0, 0.1) is 0 Å². The van der Waals surface area contributed by atoms with E-state index in [9.17, 15) is 0 Å². The standard InChI is InChI=1S/C15H27N5O/c1-2-21-11-15-18-13(10-14(19-15)20-16)17-12-8-6-4-3-5-7-9-12/h10,12H,2-9,11,16H2,1H3,(H2,17,18,19,20). The van der Waals surface area contributed by atoms with E-state index in [-0.39, 0.29) is 0 Å². The molecule has 0 spiro atoms. The molecule has 0 atom stereocenters. The van der Waals surface area contributed by atoms with Crippen LogP contribution >= 0.6 is 0 Å². The molecule has 4 N–H and O–H groups in total. The third-order valence-electron chi connectivity index (χ3n) is 3.81. The van der Waals surface area contributed by atoms with Gasteiger partial charge >= 0.3 is 0 Å². The van der Waals surface area contributed by atoms with Crippen molar-refractivity contribution in [3.05, 3.63) is 11.9 Å². The molecule has 0 aromatic carbocycles. The van der Waals surface area contributed by atoms with E-state index in [1.54, 1.807) is 0 Å². The molecule has 1 aromatic rings. The molecular formula is C15H27N5O. The number of nitrogens with two attached hydrogens (primary N) is 1. The van der Waals surface area contributed by atoms with Crippen LogP contribution in [0.25, 0.3) is 0 Å². The number of hydrogen-bond donors (Lipinski definition) is 3. The maximum absolute atomic E-state index is 5.49. The lowest BCUT2D eigenvalue weighted by Gasteiger charge is -2.22. The number of rotatable bonds is 6. The zero-order chi connectivity index (χ0) is 14.9. The van der Waals surface area contributed by atoms with Crippen molar-refractivity contribution in [1.29, 1.82) is 0 Å². The summed E-state index contributed by atoms with van der Waals surface area (Å²) in [5.41, 5.74) is 2.60. The number of aromatic nitrogens is 2. The Balaban J connectivity index is 2.02. The van der Waals surface area contributed by atoms with Crippen LogP contribution in [0.15, 0.2) is 6.07 Å². The second-order valence-corrected chi connectivity index (χ2v) is 5.52. The Hall–Kier alpha value is -1.40. The molecule has 1 heterocycles. The van der Waals surface area contributed by atoms with E-state index in [0.29, 0.717) is 30.9 Å². The smallest absolute Gasteiger partial charge is 0.158 e. The van der Waals surface area contributed by atoms with Gasteiger partial charge in [0, 0.05) is 18.7 Å². The molecule has 1 aliphatic carbocycles. The van der Waals surface area contributed by atoms with E-state index >= 15 is 0 Å². The van der Waals surface area contributed by atoms with E-state index in [2.05, 4.69) is 20.7 Å².